The third-order valence-corrected chi connectivity index (χ3v) is 5.18. The lowest BCUT2D eigenvalue weighted by molar-refractivity contribution is -0.159. The van der Waals surface area contributed by atoms with Gasteiger partial charge in [0.25, 0.3) is 0 Å². The molecular weight excluding hydrogens is 326 g/mol. The van der Waals surface area contributed by atoms with Gasteiger partial charge in [0.15, 0.2) is 6.10 Å². The van der Waals surface area contributed by atoms with Crippen molar-refractivity contribution in [2.24, 2.45) is 0 Å². The molecule has 1 amide bonds. The van der Waals surface area contributed by atoms with E-state index in [-0.39, 0.29) is 31.1 Å². The molecule has 0 aromatic carbocycles. The molecule has 0 aliphatic carbocycles. The van der Waals surface area contributed by atoms with Crippen molar-refractivity contribution in [2.75, 3.05) is 33.3 Å². The molecule has 0 bridgehead atoms. The van der Waals surface area contributed by atoms with Gasteiger partial charge in [-0.05, 0) is 12.1 Å². The fraction of sp³-hybridized carbons (Fsp3) is 0.462. The molecule has 1 saturated heterocycles. The Kier molecular flexibility index (Phi) is 5.29. The highest BCUT2D eigenvalue weighted by Gasteiger charge is 2.31. The van der Waals surface area contributed by atoms with Gasteiger partial charge in [0.2, 0.25) is 15.9 Å². The Morgan fingerprint density at radius 2 is 2.26 bits per heavy atom. The number of carbonyl (C=O) groups is 2. The second-order valence-electron chi connectivity index (χ2n) is 4.99. The monoisotopic (exact) mass is 343 g/mol. The smallest absolute Gasteiger partial charge is 0.334 e. The number of amides is 1. The molecular formula is C13H17N3O6S. The molecule has 1 fully saturated rings. The number of hydrogen-bond donors (Lipinski definition) is 1. The highest BCUT2D eigenvalue weighted by molar-refractivity contribution is 7.89. The second-order valence-corrected chi connectivity index (χ2v) is 7.03. The molecule has 9 nitrogen and oxygen atoms in total. The number of likely N-dealkylation sites (N-methyl/N-ethyl adjacent to an activating group) is 1. The van der Waals surface area contributed by atoms with Gasteiger partial charge in [-0.1, -0.05) is 0 Å². The fourth-order valence-corrected chi connectivity index (χ4v) is 3.17. The van der Waals surface area contributed by atoms with E-state index in [0.717, 1.165) is 4.31 Å². The van der Waals surface area contributed by atoms with Gasteiger partial charge in [-0.3, -0.25) is 9.78 Å². The molecule has 1 aromatic rings. The van der Waals surface area contributed by atoms with Crippen LogP contribution in [0.4, 0.5) is 0 Å². The van der Waals surface area contributed by atoms with Gasteiger partial charge in [0.05, 0.1) is 19.7 Å². The zero-order valence-corrected chi connectivity index (χ0v) is 13.3. The number of morpholine rings is 1. The Bertz CT molecular complexity index is 678. The Balaban J connectivity index is 2.03. The third-order valence-electron chi connectivity index (χ3n) is 3.40. The van der Waals surface area contributed by atoms with Gasteiger partial charge < -0.3 is 14.7 Å². The van der Waals surface area contributed by atoms with Crippen LogP contribution in [0.3, 0.4) is 0 Å². The summed E-state index contributed by atoms with van der Waals surface area (Å²) < 4.78 is 30.6. The van der Waals surface area contributed by atoms with Crippen LogP contribution < -0.4 is 0 Å². The van der Waals surface area contributed by atoms with E-state index in [1.165, 1.54) is 36.5 Å². The number of ether oxygens (including phenoxy) is 1. The second kappa shape index (κ2) is 7.02. The normalized spacial score (nSPS) is 18.9. The van der Waals surface area contributed by atoms with Crippen LogP contribution >= 0.6 is 0 Å². The molecule has 0 radical (unpaired) electrons. The Hall–Kier alpha value is -2.04. The van der Waals surface area contributed by atoms with E-state index in [0.29, 0.717) is 0 Å². The van der Waals surface area contributed by atoms with Gasteiger partial charge in [0, 0.05) is 26.0 Å². The Morgan fingerprint density at radius 1 is 1.52 bits per heavy atom. The van der Waals surface area contributed by atoms with E-state index >= 15 is 0 Å². The standard InChI is InChI=1S/C13H17N3O6S/c1-15(23(20,21)10-3-2-4-14-7-10)9-12(17)16-5-6-22-11(8-16)13(18)19/h2-4,7,11H,5-6,8-9H2,1H3,(H,18,19). The van der Waals surface area contributed by atoms with Crippen LogP contribution in [0.25, 0.3) is 0 Å². The quantitative estimate of drug-likeness (QED) is 0.730. The number of nitrogens with zero attached hydrogens (tertiary/aromatic N) is 3. The average molecular weight is 343 g/mol. The predicted octanol–water partition coefficient (Wildman–Crippen LogP) is -0.986. The molecule has 1 aromatic heterocycles. The molecule has 0 spiro atoms. The van der Waals surface area contributed by atoms with E-state index in [9.17, 15) is 18.0 Å². The molecule has 126 valence electrons. The first kappa shape index (κ1) is 17.3. The first-order valence-electron chi connectivity index (χ1n) is 6.81. The average Bonchev–Trinajstić information content (AvgIpc) is 2.55. The number of aliphatic carboxylic acids is 1. The van der Waals surface area contributed by atoms with Crippen LogP contribution in [0.5, 0.6) is 0 Å². The van der Waals surface area contributed by atoms with Crippen molar-refractivity contribution in [1.82, 2.24) is 14.2 Å². The van der Waals surface area contributed by atoms with Crippen molar-refractivity contribution in [3.63, 3.8) is 0 Å². The summed E-state index contributed by atoms with van der Waals surface area (Å²) in [5.41, 5.74) is 0. The van der Waals surface area contributed by atoms with E-state index in [1.54, 1.807) is 0 Å². The van der Waals surface area contributed by atoms with Gasteiger partial charge in [-0.2, -0.15) is 4.31 Å². The highest BCUT2D eigenvalue weighted by Crippen LogP contribution is 2.13. The number of pyridine rings is 1. The van der Waals surface area contributed by atoms with Gasteiger partial charge in [0.1, 0.15) is 4.90 Å². The lowest BCUT2D eigenvalue weighted by Crippen LogP contribution is -2.51. The van der Waals surface area contributed by atoms with Crippen LogP contribution in [0.15, 0.2) is 29.4 Å². The van der Waals surface area contributed by atoms with Gasteiger partial charge in [-0.15, -0.1) is 0 Å². The zero-order chi connectivity index (χ0) is 17.0. The lowest BCUT2D eigenvalue weighted by atomic mass is 10.2. The molecule has 1 aliphatic heterocycles. The van der Waals surface area contributed by atoms with Crippen molar-refractivity contribution >= 4 is 21.9 Å². The van der Waals surface area contributed by atoms with Crippen LogP contribution in [-0.2, 0) is 24.3 Å². The number of carbonyl (C=O) groups excluding carboxylic acids is 1. The summed E-state index contributed by atoms with van der Waals surface area (Å²) in [4.78, 5) is 28.1. The summed E-state index contributed by atoms with van der Waals surface area (Å²) in [6.45, 7) is -0.163. The largest absolute Gasteiger partial charge is 0.479 e. The lowest BCUT2D eigenvalue weighted by Gasteiger charge is -2.31. The number of aromatic nitrogens is 1. The Morgan fingerprint density at radius 3 is 2.87 bits per heavy atom. The summed E-state index contributed by atoms with van der Waals surface area (Å²) in [5.74, 6) is -1.63. The summed E-state index contributed by atoms with van der Waals surface area (Å²) in [6, 6.07) is 2.88. The van der Waals surface area contributed by atoms with Gasteiger partial charge >= 0.3 is 5.97 Å². The predicted molar refractivity (Wildman–Crippen MR) is 78.0 cm³/mol. The van der Waals surface area contributed by atoms with Crippen molar-refractivity contribution in [3.05, 3.63) is 24.5 Å². The number of rotatable bonds is 5. The molecule has 2 heterocycles. The number of carboxylic acids is 1. The molecule has 10 heteroatoms. The van der Waals surface area contributed by atoms with Crippen molar-refractivity contribution < 1.29 is 27.9 Å². The molecule has 1 atom stereocenters. The molecule has 0 saturated carbocycles. The molecule has 23 heavy (non-hydrogen) atoms. The molecule has 1 unspecified atom stereocenters. The van der Waals surface area contributed by atoms with Crippen molar-refractivity contribution in [3.8, 4) is 0 Å². The number of hydrogen-bond acceptors (Lipinski definition) is 6. The SMILES string of the molecule is CN(CC(=O)N1CCOC(C(=O)O)C1)S(=O)(=O)c1cccnc1. The minimum Gasteiger partial charge on any atom is -0.479 e. The Labute approximate surface area is 133 Å². The summed E-state index contributed by atoms with van der Waals surface area (Å²) >= 11 is 0. The maximum Gasteiger partial charge on any atom is 0.334 e. The van der Waals surface area contributed by atoms with Crippen molar-refractivity contribution in [1.29, 1.82) is 0 Å². The maximum atomic E-state index is 12.3. The van der Waals surface area contributed by atoms with E-state index < -0.39 is 28.0 Å². The first-order chi connectivity index (χ1) is 10.8. The summed E-state index contributed by atoms with van der Waals surface area (Å²) in [5, 5.41) is 8.92. The van der Waals surface area contributed by atoms with Crippen LogP contribution in [0.2, 0.25) is 0 Å². The minimum absolute atomic E-state index is 0.0133. The van der Waals surface area contributed by atoms with Gasteiger partial charge in [-0.25, -0.2) is 13.2 Å². The first-order valence-corrected chi connectivity index (χ1v) is 8.25. The summed E-state index contributed by atoms with van der Waals surface area (Å²) in [7, 11) is -2.54. The minimum atomic E-state index is -3.83. The third kappa shape index (κ3) is 4.03. The van der Waals surface area contributed by atoms with Crippen LogP contribution in [0.1, 0.15) is 0 Å². The molecule has 1 N–H and O–H groups in total. The fourth-order valence-electron chi connectivity index (χ4n) is 2.08. The zero-order valence-electron chi connectivity index (χ0n) is 12.5. The van der Waals surface area contributed by atoms with E-state index in [1.807, 2.05) is 0 Å². The number of carboxylic acid groups (broad SMARTS) is 1. The summed E-state index contributed by atoms with van der Waals surface area (Å²) in [6.07, 6.45) is 1.56. The molecule has 2 rings (SSSR count). The number of sulfonamides is 1. The van der Waals surface area contributed by atoms with E-state index in [2.05, 4.69) is 4.98 Å². The maximum absolute atomic E-state index is 12.3. The van der Waals surface area contributed by atoms with Crippen LogP contribution in [-0.4, -0.2) is 79.0 Å². The van der Waals surface area contributed by atoms with E-state index in [4.69, 9.17) is 9.84 Å². The van der Waals surface area contributed by atoms with Crippen LogP contribution in [0, 0.1) is 0 Å². The topological polar surface area (TPSA) is 117 Å². The molecule has 1 aliphatic rings. The highest BCUT2D eigenvalue weighted by atomic mass is 32.2. The van der Waals surface area contributed by atoms with Crippen molar-refractivity contribution in [2.45, 2.75) is 11.0 Å².